The summed E-state index contributed by atoms with van der Waals surface area (Å²) in [6, 6.07) is 14.4. The molecule has 0 aliphatic heterocycles. The standard InChI is InChI=1S/C15H16O/c1-2-3-6-12-16-15-11-7-9-13-8-4-5-10-14(13)15/h4-12H,2-3H2,1H3. The second kappa shape index (κ2) is 5.36. The third-order valence-electron chi connectivity index (χ3n) is 2.50. The lowest BCUT2D eigenvalue weighted by atomic mass is 10.1. The Labute approximate surface area is 96.4 Å². The summed E-state index contributed by atoms with van der Waals surface area (Å²) in [6.45, 7) is 2.16. The molecule has 0 heterocycles. The molecule has 0 N–H and O–H groups in total. The number of hydrogen-bond acceptors (Lipinski definition) is 1. The first-order chi connectivity index (χ1) is 7.92. The van der Waals surface area contributed by atoms with Crippen LogP contribution in [0.4, 0.5) is 0 Å². The number of hydrogen-bond donors (Lipinski definition) is 0. The van der Waals surface area contributed by atoms with Gasteiger partial charge in [-0.1, -0.05) is 49.7 Å². The van der Waals surface area contributed by atoms with Gasteiger partial charge in [-0.3, -0.25) is 0 Å². The molecule has 0 atom stereocenters. The molecule has 1 nitrogen and oxygen atoms in total. The highest BCUT2D eigenvalue weighted by Gasteiger charge is 1.98. The Morgan fingerprint density at radius 2 is 1.88 bits per heavy atom. The van der Waals surface area contributed by atoms with Crippen molar-refractivity contribution >= 4 is 10.8 Å². The minimum atomic E-state index is 0.922. The van der Waals surface area contributed by atoms with Crippen LogP contribution < -0.4 is 4.74 Å². The summed E-state index contributed by atoms with van der Waals surface area (Å²) in [6.07, 6.45) is 6.05. The molecule has 1 heteroatoms. The molecule has 0 aromatic heterocycles. The van der Waals surface area contributed by atoms with Crippen LogP contribution in [0.1, 0.15) is 19.8 Å². The van der Waals surface area contributed by atoms with Gasteiger partial charge in [0.15, 0.2) is 0 Å². The first-order valence-corrected chi connectivity index (χ1v) is 5.71. The van der Waals surface area contributed by atoms with Crippen LogP contribution in [0.2, 0.25) is 0 Å². The van der Waals surface area contributed by atoms with Gasteiger partial charge < -0.3 is 4.74 Å². The molecule has 0 saturated carbocycles. The molecule has 0 spiro atoms. The van der Waals surface area contributed by atoms with E-state index in [-0.39, 0.29) is 0 Å². The topological polar surface area (TPSA) is 9.23 Å². The highest BCUT2D eigenvalue weighted by molar-refractivity contribution is 5.88. The predicted octanol–water partition coefficient (Wildman–Crippen LogP) is 4.53. The molecule has 0 aliphatic carbocycles. The van der Waals surface area contributed by atoms with E-state index in [0.29, 0.717) is 0 Å². The Morgan fingerprint density at radius 3 is 2.75 bits per heavy atom. The molecule has 82 valence electrons. The smallest absolute Gasteiger partial charge is 0.134 e. The second-order valence-corrected chi connectivity index (χ2v) is 3.76. The Bertz CT molecular complexity index is 480. The van der Waals surface area contributed by atoms with Crippen molar-refractivity contribution in [1.29, 1.82) is 0 Å². The van der Waals surface area contributed by atoms with E-state index in [1.165, 1.54) is 5.39 Å². The van der Waals surface area contributed by atoms with Crippen LogP contribution in [0.25, 0.3) is 10.8 Å². The van der Waals surface area contributed by atoms with E-state index in [1.54, 1.807) is 6.26 Å². The fourth-order valence-corrected chi connectivity index (χ4v) is 1.65. The summed E-state index contributed by atoms with van der Waals surface area (Å²) >= 11 is 0. The summed E-state index contributed by atoms with van der Waals surface area (Å²) in [5, 5.41) is 2.37. The van der Waals surface area contributed by atoms with Gasteiger partial charge in [0.1, 0.15) is 5.75 Å². The van der Waals surface area contributed by atoms with Gasteiger partial charge in [-0.15, -0.1) is 0 Å². The van der Waals surface area contributed by atoms with E-state index >= 15 is 0 Å². The van der Waals surface area contributed by atoms with Gasteiger partial charge >= 0.3 is 0 Å². The van der Waals surface area contributed by atoms with Crippen LogP contribution in [0.15, 0.2) is 54.8 Å². The maximum atomic E-state index is 5.64. The molecule has 2 rings (SSSR count). The summed E-state index contributed by atoms with van der Waals surface area (Å²) in [5.74, 6) is 0.922. The number of unbranched alkanes of at least 4 members (excludes halogenated alkanes) is 1. The highest BCUT2D eigenvalue weighted by Crippen LogP contribution is 2.25. The van der Waals surface area contributed by atoms with E-state index in [0.717, 1.165) is 24.0 Å². The Kier molecular flexibility index (Phi) is 3.60. The summed E-state index contributed by atoms with van der Waals surface area (Å²) in [4.78, 5) is 0. The van der Waals surface area contributed by atoms with Gasteiger partial charge in [0.25, 0.3) is 0 Å². The summed E-state index contributed by atoms with van der Waals surface area (Å²) < 4.78 is 5.64. The first kappa shape index (κ1) is 10.7. The van der Waals surface area contributed by atoms with Gasteiger partial charge in [0, 0.05) is 5.39 Å². The first-order valence-electron chi connectivity index (χ1n) is 5.71. The third kappa shape index (κ3) is 2.43. The molecule has 0 unspecified atom stereocenters. The molecule has 0 radical (unpaired) electrons. The molecule has 2 aromatic rings. The van der Waals surface area contributed by atoms with Gasteiger partial charge in [-0.05, 0) is 23.9 Å². The van der Waals surface area contributed by atoms with E-state index < -0.39 is 0 Å². The Hall–Kier alpha value is -1.76. The van der Waals surface area contributed by atoms with Crippen molar-refractivity contribution < 1.29 is 4.74 Å². The van der Waals surface area contributed by atoms with Crippen LogP contribution in [0.3, 0.4) is 0 Å². The number of fused-ring (bicyclic) bond motifs is 1. The fraction of sp³-hybridized carbons (Fsp3) is 0.200. The lowest BCUT2D eigenvalue weighted by molar-refractivity contribution is 0.484. The number of rotatable bonds is 4. The molecular formula is C15H16O. The molecule has 0 aliphatic rings. The van der Waals surface area contributed by atoms with Gasteiger partial charge in [-0.25, -0.2) is 0 Å². The zero-order valence-electron chi connectivity index (χ0n) is 9.52. The molecular weight excluding hydrogens is 196 g/mol. The monoisotopic (exact) mass is 212 g/mol. The average Bonchev–Trinajstić information content (AvgIpc) is 2.35. The van der Waals surface area contributed by atoms with E-state index in [4.69, 9.17) is 4.74 Å². The van der Waals surface area contributed by atoms with Crippen molar-refractivity contribution in [1.82, 2.24) is 0 Å². The Morgan fingerprint density at radius 1 is 1.06 bits per heavy atom. The van der Waals surface area contributed by atoms with Gasteiger partial charge in [0.05, 0.1) is 6.26 Å². The SMILES string of the molecule is CCCC=COc1cccc2ccccc12. The lowest BCUT2D eigenvalue weighted by Gasteiger charge is -2.04. The molecule has 16 heavy (non-hydrogen) atoms. The quantitative estimate of drug-likeness (QED) is 0.676. The summed E-state index contributed by atoms with van der Waals surface area (Å²) in [7, 11) is 0. The van der Waals surface area contributed by atoms with Crippen LogP contribution in [0, 0.1) is 0 Å². The van der Waals surface area contributed by atoms with E-state index in [2.05, 4.69) is 31.2 Å². The zero-order chi connectivity index (χ0) is 11.2. The van der Waals surface area contributed by atoms with Crippen LogP contribution in [-0.4, -0.2) is 0 Å². The number of allylic oxidation sites excluding steroid dienone is 1. The zero-order valence-corrected chi connectivity index (χ0v) is 9.52. The minimum Gasteiger partial charge on any atom is -0.465 e. The average molecular weight is 212 g/mol. The van der Waals surface area contributed by atoms with Crippen molar-refractivity contribution in [2.75, 3.05) is 0 Å². The number of benzene rings is 2. The summed E-state index contributed by atoms with van der Waals surface area (Å²) in [5.41, 5.74) is 0. The molecule has 0 saturated heterocycles. The molecule has 0 bridgehead atoms. The predicted molar refractivity (Wildman–Crippen MR) is 68.6 cm³/mol. The molecule has 0 amide bonds. The van der Waals surface area contributed by atoms with E-state index in [9.17, 15) is 0 Å². The van der Waals surface area contributed by atoms with Gasteiger partial charge in [-0.2, -0.15) is 0 Å². The van der Waals surface area contributed by atoms with Crippen molar-refractivity contribution in [2.24, 2.45) is 0 Å². The maximum Gasteiger partial charge on any atom is 0.134 e. The minimum absolute atomic E-state index is 0.922. The number of ether oxygens (including phenoxy) is 1. The third-order valence-corrected chi connectivity index (χ3v) is 2.50. The Balaban J connectivity index is 2.23. The van der Waals surface area contributed by atoms with Crippen molar-refractivity contribution in [2.45, 2.75) is 19.8 Å². The van der Waals surface area contributed by atoms with Crippen LogP contribution >= 0.6 is 0 Å². The van der Waals surface area contributed by atoms with Crippen LogP contribution in [0.5, 0.6) is 5.75 Å². The van der Waals surface area contributed by atoms with Crippen molar-refractivity contribution in [3.05, 3.63) is 54.8 Å². The molecule has 2 aromatic carbocycles. The van der Waals surface area contributed by atoms with E-state index in [1.807, 2.05) is 24.3 Å². The highest BCUT2D eigenvalue weighted by atomic mass is 16.5. The van der Waals surface area contributed by atoms with Crippen molar-refractivity contribution in [3.8, 4) is 5.75 Å². The largest absolute Gasteiger partial charge is 0.465 e. The molecule has 0 fully saturated rings. The normalized spacial score (nSPS) is 11.1. The van der Waals surface area contributed by atoms with Crippen LogP contribution in [-0.2, 0) is 0 Å². The fourth-order valence-electron chi connectivity index (χ4n) is 1.65. The van der Waals surface area contributed by atoms with Crippen molar-refractivity contribution in [3.63, 3.8) is 0 Å². The lowest BCUT2D eigenvalue weighted by Crippen LogP contribution is -1.83. The van der Waals surface area contributed by atoms with Gasteiger partial charge in [0.2, 0.25) is 0 Å². The maximum absolute atomic E-state index is 5.64. The second-order valence-electron chi connectivity index (χ2n) is 3.76.